The molecule has 1 unspecified atom stereocenters. The number of rotatable bonds is 6. The molecule has 0 bridgehead atoms. The quantitative estimate of drug-likeness (QED) is 0.564. The third-order valence-corrected chi connectivity index (χ3v) is 2.16. The van der Waals surface area contributed by atoms with Gasteiger partial charge in [0.05, 0.1) is 0 Å². The van der Waals surface area contributed by atoms with Crippen LogP contribution in [0.3, 0.4) is 0 Å². The smallest absolute Gasteiger partial charge is 0.0336 e. The third-order valence-electron chi connectivity index (χ3n) is 1.72. The fourth-order valence-corrected chi connectivity index (χ4v) is 1.46. The largest absolute Gasteiger partial charge is 0.309 e. The third kappa shape index (κ3) is 8.15. The van der Waals surface area contributed by atoms with Crippen LogP contribution in [0.5, 0.6) is 0 Å². The normalized spacial score (nSPS) is 13.9. The number of halogens is 1. The second kappa shape index (κ2) is 6.93. The summed E-state index contributed by atoms with van der Waals surface area (Å²) in [4.78, 5) is 2.20. The molecule has 0 saturated heterocycles. The van der Waals surface area contributed by atoms with Crippen molar-refractivity contribution >= 4 is 11.6 Å². The monoisotopic (exact) mass is 177 g/mol. The average molecular weight is 178 g/mol. The predicted molar refractivity (Wildman–Crippen MR) is 52.3 cm³/mol. The average Bonchev–Trinajstić information content (AvgIpc) is 1.87. The fourth-order valence-electron chi connectivity index (χ4n) is 1.09. The summed E-state index contributed by atoms with van der Waals surface area (Å²) in [5, 5.41) is 0.403. The molecule has 0 aliphatic heterocycles. The van der Waals surface area contributed by atoms with Crippen molar-refractivity contribution in [2.24, 2.45) is 0 Å². The lowest BCUT2D eigenvalue weighted by Gasteiger charge is -2.11. The molecule has 0 saturated carbocycles. The summed E-state index contributed by atoms with van der Waals surface area (Å²) in [6, 6.07) is 0. The van der Waals surface area contributed by atoms with Gasteiger partial charge in [-0.05, 0) is 39.9 Å². The van der Waals surface area contributed by atoms with E-state index in [1.165, 1.54) is 12.8 Å². The lowest BCUT2D eigenvalue weighted by molar-refractivity contribution is 0.391. The van der Waals surface area contributed by atoms with E-state index in [0.717, 1.165) is 19.4 Å². The fraction of sp³-hybridized carbons (Fsp3) is 1.00. The molecule has 1 atom stereocenters. The maximum absolute atomic E-state index is 6.05. The second-order valence-corrected chi connectivity index (χ2v) is 3.95. The van der Waals surface area contributed by atoms with Crippen LogP contribution in [-0.2, 0) is 0 Å². The molecule has 0 spiro atoms. The van der Waals surface area contributed by atoms with Crippen molar-refractivity contribution in [2.75, 3.05) is 20.6 Å². The Labute approximate surface area is 75.7 Å². The van der Waals surface area contributed by atoms with E-state index in [1.807, 2.05) is 0 Å². The van der Waals surface area contributed by atoms with Gasteiger partial charge in [0.25, 0.3) is 0 Å². The number of alkyl halides is 1. The molecule has 0 N–H and O–H groups in total. The summed E-state index contributed by atoms with van der Waals surface area (Å²) in [5.74, 6) is 0. The molecule has 0 aromatic rings. The van der Waals surface area contributed by atoms with Crippen molar-refractivity contribution < 1.29 is 0 Å². The highest BCUT2D eigenvalue weighted by Crippen LogP contribution is 2.11. The van der Waals surface area contributed by atoms with E-state index in [1.54, 1.807) is 0 Å². The maximum atomic E-state index is 6.05. The van der Waals surface area contributed by atoms with Gasteiger partial charge in [-0.15, -0.1) is 11.6 Å². The Morgan fingerprint density at radius 3 is 2.36 bits per heavy atom. The topological polar surface area (TPSA) is 3.24 Å². The summed E-state index contributed by atoms with van der Waals surface area (Å²) in [6.07, 6.45) is 4.75. The van der Waals surface area contributed by atoms with Gasteiger partial charge < -0.3 is 4.90 Å². The molecule has 0 heterocycles. The number of nitrogens with zero attached hydrogens (tertiary/aromatic N) is 1. The van der Waals surface area contributed by atoms with Crippen LogP contribution in [0.15, 0.2) is 0 Å². The van der Waals surface area contributed by atoms with Crippen LogP contribution in [0.2, 0.25) is 0 Å². The van der Waals surface area contributed by atoms with Crippen molar-refractivity contribution in [2.45, 2.75) is 38.0 Å². The number of hydrogen-bond acceptors (Lipinski definition) is 1. The van der Waals surface area contributed by atoms with E-state index < -0.39 is 0 Å². The molecule has 1 nitrogen and oxygen atoms in total. The van der Waals surface area contributed by atoms with Crippen LogP contribution in [0.25, 0.3) is 0 Å². The lowest BCUT2D eigenvalue weighted by Crippen LogP contribution is -2.14. The molecule has 11 heavy (non-hydrogen) atoms. The molecule has 0 rings (SSSR count). The first-order chi connectivity index (χ1) is 5.16. The first-order valence-corrected chi connectivity index (χ1v) is 4.89. The highest BCUT2D eigenvalue weighted by molar-refractivity contribution is 6.20. The Kier molecular flexibility index (Phi) is 7.09. The van der Waals surface area contributed by atoms with E-state index in [9.17, 15) is 0 Å². The Morgan fingerprint density at radius 1 is 1.27 bits per heavy atom. The van der Waals surface area contributed by atoms with Crippen molar-refractivity contribution in [3.8, 4) is 0 Å². The van der Waals surface area contributed by atoms with Gasteiger partial charge in [0.2, 0.25) is 0 Å². The van der Waals surface area contributed by atoms with Crippen LogP contribution in [0, 0.1) is 0 Å². The van der Waals surface area contributed by atoms with Gasteiger partial charge in [-0.1, -0.05) is 13.3 Å². The molecule has 0 aromatic carbocycles. The molecule has 0 radical (unpaired) electrons. The molecule has 0 aliphatic rings. The second-order valence-electron chi connectivity index (χ2n) is 3.33. The molecule has 0 amide bonds. The summed E-state index contributed by atoms with van der Waals surface area (Å²) in [6.45, 7) is 3.34. The minimum atomic E-state index is 0.403. The van der Waals surface area contributed by atoms with Crippen molar-refractivity contribution in [3.05, 3.63) is 0 Å². The molecule has 0 aromatic heterocycles. The van der Waals surface area contributed by atoms with E-state index in [0.29, 0.717) is 5.38 Å². The van der Waals surface area contributed by atoms with Gasteiger partial charge in [-0.2, -0.15) is 0 Å². The van der Waals surface area contributed by atoms with Crippen LogP contribution >= 0.6 is 11.6 Å². The van der Waals surface area contributed by atoms with Crippen LogP contribution in [0.4, 0.5) is 0 Å². The van der Waals surface area contributed by atoms with E-state index in [-0.39, 0.29) is 0 Å². The van der Waals surface area contributed by atoms with Gasteiger partial charge in [0.15, 0.2) is 0 Å². The van der Waals surface area contributed by atoms with Crippen molar-refractivity contribution in [1.82, 2.24) is 4.90 Å². The molecular formula is C9H20ClN. The van der Waals surface area contributed by atoms with Crippen LogP contribution in [0.1, 0.15) is 32.6 Å². The molecular weight excluding hydrogens is 158 g/mol. The Morgan fingerprint density at radius 2 is 1.91 bits per heavy atom. The Bertz CT molecular complexity index is 83.6. The first-order valence-electron chi connectivity index (χ1n) is 4.45. The zero-order valence-corrected chi connectivity index (χ0v) is 8.69. The highest BCUT2D eigenvalue weighted by atomic mass is 35.5. The van der Waals surface area contributed by atoms with Gasteiger partial charge in [-0.25, -0.2) is 0 Å². The Balaban J connectivity index is 3.10. The highest BCUT2D eigenvalue weighted by Gasteiger charge is 2.02. The van der Waals surface area contributed by atoms with Gasteiger partial charge in [0.1, 0.15) is 0 Å². The van der Waals surface area contributed by atoms with E-state index in [4.69, 9.17) is 11.6 Å². The van der Waals surface area contributed by atoms with Crippen LogP contribution in [-0.4, -0.2) is 30.9 Å². The summed E-state index contributed by atoms with van der Waals surface area (Å²) in [5.41, 5.74) is 0. The minimum Gasteiger partial charge on any atom is -0.309 e. The maximum Gasteiger partial charge on any atom is 0.0336 e. The lowest BCUT2D eigenvalue weighted by atomic mass is 10.1. The van der Waals surface area contributed by atoms with Crippen molar-refractivity contribution in [1.29, 1.82) is 0 Å². The molecule has 68 valence electrons. The van der Waals surface area contributed by atoms with E-state index >= 15 is 0 Å². The first kappa shape index (κ1) is 11.2. The molecule has 0 aliphatic carbocycles. The predicted octanol–water partition coefficient (Wildman–Crippen LogP) is 2.74. The standard InChI is InChI=1S/C9H20ClN/c1-4-6-9(10)7-5-8-11(2)3/h9H,4-8H2,1-3H3. The SMILES string of the molecule is CCCC(Cl)CCCN(C)C. The van der Waals surface area contributed by atoms with Gasteiger partial charge in [-0.3, -0.25) is 0 Å². The van der Waals surface area contributed by atoms with E-state index in [2.05, 4.69) is 25.9 Å². The summed E-state index contributed by atoms with van der Waals surface area (Å²) >= 11 is 6.05. The summed E-state index contributed by atoms with van der Waals surface area (Å²) in [7, 11) is 4.20. The Hall–Kier alpha value is 0.250. The zero-order valence-electron chi connectivity index (χ0n) is 7.94. The summed E-state index contributed by atoms with van der Waals surface area (Å²) < 4.78 is 0. The van der Waals surface area contributed by atoms with Crippen molar-refractivity contribution in [3.63, 3.8) is 0 Å². The molecule has 2 heteroatoms. The minimum absolute atomic E-state index is 0.403. The number of hydrogen-bond donors (Lipinski definition) is 0. The van der Waals surface area contributed by atoms with Gasteiger partial charge >= 0.3 is 0 Å². The molecule has 0 fully saturated rings. The zero-order chi connectivity index (χ0) is 8.69. The van der Waals surface area contributed by atoms with Gasteiger partial charge in [0, 0.05) is 5.38 Å². The van der Waals surface area contributed by atoms with Crippen LogP contribution < -0.4 is 0 Å².